The van der Waals surface area contributed by atoms with Gasteiger partial charge in [0, 0.05) is 11.8 Å². The number of amides is 1. The van der Waals surface area contributed by atoms with E-state index in [0.717, 1.165) is 5.56 Å². The molecule has 2 aromatic rings. The monoisotopic (exact) mass is 341 g/mol. The van der Waals surface area contributed by atoms with E-state index in [1.807, 2.05) is 13.8 Å². The van der Waals surface area contributed by atoms with Crippen molar-refractivity contribution >= 4 is 23.6 Å². The molecule has 0 saturated carbocycles. The number of benzene rings is 2. The molecule has 0 heterocycles. The Morgan fingerprint density at radius 2 is 1.72 bits per heavy atom. The highest BCUT2D eigenvalue weighted by Gasteiger charge is 2.08. The minimum Gasteiger partial charge on any atom is -0.462 e. The number of hydrogen-bond donors (Lipinski definition) is 1. The Balaban J connectivity index is 1.90. The standard InChI is InChI=1S/C20H20FNO3/c1-14(2)13-25-20(24)16-6-10-18(11-7-16)22-19(23)12-5-15-3-8-17(21)9-4-15/h3-12,14H,13H2,1-2H3,(H,22,23)/b12-5+. The summed E-state index contributed by atoms with van der Waals surface area (Å²) in [4.78, 5) is 23.7. The van der Waals surface area contributed by atoms with E-state index in [0.29, 0.717) is 17.9 Å². The molecule has 1 N–H and O–H groups in total. The number of halogens is 1. The predicted molar refractivity (Wildman–Crippen MR) is 95.6 cm³/mol. The molecule has 4 nitrogen and oxygen atoms in total. The van der Waals surface area contributed by atoms with Crippen LogP contribution in [0.25, 0.3) is 6.08 Å². The van der Waals surface area contributed by atoms with Crippen molar-refractivity contribution in [3.63, 3.8) is 0 Å². The first kappa shape index (κ1) is 18.4. The van der Waals surface area contributed by atoms with Crippen LogP contribution < -0.4 is 5.32 Å². The van der Waals surface area contributed by atoms with Crippen LogP contribution in [-0.4, -0.2) is 18.5 Å². The molecule has 0 atom stereocenters. The molecule has 130 valence electrons. The maximum Gasteiger partial charge on any atom is 0.338 e. The van der Waals surface area contributed by atoms with Crippen LogP contribution in [0, 0.1) is 11.7 Å². The third kappa shape index (κ3) is 6.22. The third-order valence-corrected chi connectivity index (χ3v) is 3.23. The summed E-state index contributed by atoms with van der Waals surface area (Å²) in [5.74, 6) is -0.758. The molecule has 5 heteroatoms. The van der Waals surface area contributed by atoms with E-state index < -0.39 is 0 Å². The third-order valence-electron chi connectivity index (χ3n) is 3.23. The Hall–Kier alpha value is -2.95. The van der Waals surface area contributed by atoms with Crippen LogP contribution in [0.2, 0.25) is 0 Å². The number of carbonyl (C=O) groups excluding carboxylic acids is 2. The van der Waals surface area contributed by atoms with E-state index in [1.54, 1.807) is 42.5 Å². The maximum atomic E-state index is 12.8. The van der Waals surface area contributed by atoms with E-state index in [1.165, 1.54) is 18.2 Å². The Labute approximate surface area is 146 Å². The van der Waals surface area contributed by atoms with Crippen molar-refractivity contribution in [3.05, 3.63) is 71.6 Å². The molecular weight excluding hydrogens is 321 g/mol. The zero-order chi connectivity index (χ0) is 18.2. The molecule has 1 amide bonds. The van der Waals surface area contributed by atoms with E-state index in [-0.39, 0.29) is 23.6 Å². The molecule has 2 aromatic carbocycles. The summed E-state index contributed by atoms with van der Waals surface area (Å²) in [6.07, 6.45) is 2.95. The van der Waals surface area contributed by atoms with Crippen molar-refractivity contribution in [1.29, 1.82) is 0 Å². The molecule has 0 aromatic heterocycles. The number of nitrogens with one attached hydrogen (secondary N) is 1. The van der Waals surface area contributed by atoms with Gasteiger partial charge in [-0.05, 0) is 54.0 Å². The summed E-state index contributed by atoms with van der Waals surface area (Å²) in [5, 5.41) is 2.69. The molecule has 0 fully saturated rings. The van der Waals surface area contributed by atoms with Crippen molar-refractivity contribution < 1.29 is 18.7 Å². The summed E-state index contributed by atoms with van der Waals surface area (Å²) in [6, 6.07) is 12.3. The number of carbonyl (C=O) groups is 2. The fourth-order valence-corrected chi connectivity index (χ4v) is 1.95. The van der Waals surface area contributed by atoms with Gasteiger partial charge in [-0.15, -0.1) is 0 Å². The van der Waals surface area contributed by atoms with Gasteiger partial charge in [-0.3, -0.25) is 4.79 Å². The molecular formula is C20H20FNO3. The molecule has 0 aliphatic rings. The lowest BCUT2D eigenvalue weighted by Gasteiger charge is -2.08. The van der Waals surface area contributed by atoms with Crippen molar-refractivity contribution in [3.8, 4) is 0 Å². The molecule has 0 radical (unpaired) electrons. The molecule has 25 heavy (non-hydrogen) atoms. The minimum atomic E-state index is -0.386. The van der Waals surface area contributed by atoms with E-state index in [2.05, 4.69) is 5.32 Å². The molecule has 0 spiro atoms. The summed E-state index contributed by atoms with van der Waals surface area (Å²) >= 11 is 0. The second kappa shape index (κ2) is 8.78. The maximum absolute atomic E-state index is 12.8. The van der Waals surface area contributed by atoms with Gasteiger partial charge in [-0.1, -0.05) is 26.0 Å². The Morgan fingerprint density at radius 3 is 2.32 bits per heavy atom. The Morgan fingerprint density at radius 1 is 1.08 bits per heavy atom. The predicted octanol–water partition coefficient (Wildman–Crippen LogP) is 4.29. The average Bonchev–Trinajstić information content (AvgIpc) is 2.60. The van der Waals surface area contributed by atoms with E-state index in [9.17, 15) is 14.0 Å². The van der Waals surface area contributed by atoms with E-state index >= 15 is 0 Å². The lowest BCUT2D eigenvalue weighted by Crippen LogP contribution is -2.11. The van der Waals surface area contributed by atoms with Gasteiger partial charge in [0.1, 0.15) is 5.82 Å². The Kier molecular flexibility index (Phi) is 6.46. The zero-order valence-corrected chi connectivity index (χ0v) is 14.2. The number of ether oxygens (including phenoxy) is 1. The van der Waals surface area contributed by atoms with Crippen molar-refractivity contribution in [2.24, 2.45) is 5.92 Å². The average molecular weight is 341 g/mol. The molecule has 0 unspecified atom stereocenters. The second-order valence-electron chi connectivity index (χ2n) is 5.94. The van der Waals surface area contributed by atoms with Crippen LogP contribution in [0.1, 0.15) is 29.8 Å². The lowest BCUT2D eigenvalue weighted by atomic mass is 10.2. The topological polar surface area (TPSA) is 55.4 Å². The van der Waals surface area contributed by atoms with Gasteiger partial charge in [-0.2, -0.15) is 0 Å². The van der Waals surface area contributed by atoms with Crippen molar-refractivity contribution in [2.45, 2.75) is 13.8 Å². The molecule has 2 rings (SSSR count). The van der Waals surface area contributed by atoms with Gasteiger partial charge in [-0.25, -0.2) is 9.18 Å². The summed E-state index contributed by atoms with van der Waals surface area (Å²) in [7, 11) is 0. The van der Waals surface area contributed by atoms with Gasteiger partial charge in [0.25, 0.3) is 0 Å². The zero-order valence-electron chi connectivity index (χ0n) is 14.2. The highest BCUT2D eigenvalue weighted by atomic mass is 19.1. The highest BCUT2D eigenvalue weighted by molar-refractivity contribution is 6.02. The van der Waals surface area contributed by atoms with E-state index in [4.69, 9.17) is 4.74 Å². The highest BCUT2D eigenvalue weighted by Crippen LogP contribution is 2.12. The van der Waals surface area contributed by atoms with Crippen LogP contribution >= 0.6 is 0 Å². The largest absolute Gasteiger partial charge is 0.462 e. The Bertz CT molecular complexity index is 750. The van der Waals surface area contributed by atoms with Crippen LogP contribution in [0.15, 0.2) is 54.6 Å². The molecule has 0 saturated heterocycles. The van der Waals surface area contributed by atoms with Gasteiger partial charge < -0.3 is 10.1 Å². The number of esters is 1. The van der Waals surface area contributed by atoms with Crippen molar-refractivity contribution in [1.82, 2.24) is 0 Å². The number of anilines is 1. The van der Waals surface area contributed by atoms with Gasteiger partial charge in [0.05, 0.1) is 12.2 Å². The normalized spacial score (nSPS) is 10.9. The van der Waals surface area contributed by atoms with Gasteiger partial charge in [0.15, 0.2) is 0 Å². The summed E-state index contributed by atoms with van der Waals surface area (Å²) < 4.78 is 18.0. The van der Waals surface area contributed by atoms with Gasteiger partial charge in [0.2, 0.25) is 5.91 Å². The van der Waals surface area contributed by atoms with Crippen LogP contribution in [0.5, 0.6) is 0 Å². The van der Waals surface area contributed by atoms with Crippen LogP contribution in [0.4, 0.5) is 10.1 Å². The number of rotatable bonds is 6. The van der Waals surface area contributed by atoms with Crippen LogP contribution in [0.3, 0.4) is 0 Å². The first-order chi connectivity index (χ1) is 11.9. The molecule has 0 aliphatic carbocycles. The number of hydrogen-bond acceptors (Lipinski definition) is 3. The summed E-state index contributed by atoms with van der Waals surface area (Å²) in [5.41, 5.74) is 1.72. The first-order valence-electron chi connectivity index (χ1n) is 7.96. The SMILES string of the molecule is CC(C)COC(=O)c1ccc(NC(=O)/C=C/c2ccc(F)cc2)cc1. The van der Waals surface area contributed by atoms with Crippen molar-refractivity contribution in [2.75, 3.05) is 11.9 Å². The lowest BCUT2D eigenvalue weighted by molar-refractivity contribution is -0.111. The quantitative estimate of drug-likeness (QED) is 0.630. The molecule has 0 aliphatic heterocycles. The smallest absolute Gasteiger partial charge is 0.338 e. The van der Waals surface area contributed by atoms with Crippen LogP contribution in [-0.2, 0) is 9.53 Å². The molecule has 0 bridgehead atoms. The fraction of sp³-hybridized carbons (Fsp3) is 0.200. The second-order valence-corrected chi connectivity index (χ2v) is 5.94. The first-order valence-corrected chi connectivity index (χ1v) is 7.96. The van der Waals surface area contributed by atoms with Gasteiger partial charge >= 0.3 is 5.97 Å². The minimum absolute atomic E-state index is 0.274. The summed E-state index contributed by atoms with van der Waals surface area (Å²) in [6.45, 7) is 4.29. The fourth-order valence-electron chi connectivity index (χ4n) is 1.95.